The summed E-state index contributed by atoms with van der Waals surface area (Å²) in [6.07, 6.45) is 8.78. The molecule has 42 heavy (non-hydrogen) atoms. The summed E-state index contributed by atoms with van der Waals surface area (Å²) in [6.45, 7) is 4.11. The Morgan fingerprint density at radius 1 is 0.524 bits per heavy atom. The molecule has 234 valence electrons. The first-order valence-corrected chi connectivity index (χ1v) is 14.6. The highest BCUT2D eigenvalue weighted by Gasteiger charge is 2.15. The van der Waals surface area contributed by atoms with Crippen LogP contribution in [0, 0.1) is 0 Å². The Morgan fingerprint density at radius 3 is 1.81 bits per heavy atom. The lowest BCUT2D eigenvalue weighted by Gasteiger charge is -2.17. The molecule has 0 saturated heterocycles. The van der Waals surface area contributed by atoms with E-state index in [9.17, 15) is 0 Å². The van der Waals surface area contributed by atoms with Crippen LogP contribution in [0.4, 0.5) is 0 Å². The summed E-state index contributed by atoms with van der Waals surface area (Å²) in [5, 5.41) is 7.21. The van der Waals surface area contributed by atoms with Gasteiger partial charge in [-0.2, -0.15) is 0 Å². The van der Waals surface area contributed by atoms with Crippen LogP contribution in [-0.4, -0.2) is 54.6 Å². The van der Waals surface area contributed by atoms with Crippen molar-refractivity contribution in [2.75, 3.05) is 54.6 Å². The number of hydrogen-bond acceptors (Lipinski definition) is 6. The first-order valence-electron chi connectivity index (χ1n) is 14.6. The molecule has 0 atom stereocenters. The molecule has 0 unspecified atom stereocenters. The van der Waals surface area contributed by atoms with Crippen molar-refractivity contribution in [1.29, 1.82) is 0 Å². The lowest BCUT2D eigenvalue weighted by molar-refractivity contribution is 0.351. The Morgan fingerprint density at radius 2 is 1.19 bits per heavy atom. The summed E-state index contributed by atoms with van der Waals surface area (Å²) < 4.78 is 22.0. The topological polar surface area (TPSA) is 61.0 Å². The molecule has 2 N–H and O–H groups in total. The standard InChI is InChI=1S/C34H48N2O4.2ClH/c1-37-30-16-12-27(13-17-30)20-24-35-22-7-5-6-8-23-36-25-21-29-15-19-33(39-3)34(40-4)32(29)18-14-28-10-9-11-31(26-28)38-2;;/h9-13,15-17,19,26,35-36H,5-8,14,18,20-25H2,1-4H3;2*1H. The lowest BCUT2D eigenvalue weighted by atomic mass is 9.96. The molecule has 6 nitrogen and oxygen atoms in total. The molecule has 0 saturated carbocycles. The summed E-state index contributed by atoms with van der Waals surface area (Å²) in [5.74, 6) is 3.44. The molecule has 0 aromatic heterocycles. The monoisotopic (exact) mass is 620 g/mol. The van der Waals surface area contributed by atoms with E-state index in [0.29, 0.717) is 0 Å². The summed E-state index contributed by atoms with van der Waals surface area (Å²) in [4.78, 5) is 0. The largest absolute Gasteiger partial charge is 0.497 e. The third kappa shape index (κ3) is 12.7. The molecule has 0 spiro atoms. The zero-order valence-electron chi connectivity index (χ0n) is 25.7. The fourth-order valence-electron chi connectivity index (χ4n) is 4.99. The predicted molar refractivity (Wildman–Crippen MR) is 179 cm³/mol. The molecular weight excluding hydrogens is 571 g/mol. The molecule has 3 aromatic rings. The molecule has 0 bridgehead atoms. The molecule has 0 aliphatic heterocycles. The molecule has 3 rings (SSSR count). The normalized spacial score (nSPS) is 10.4. The zero-order valence-corrected chi connectivity index (χ0v) is 27.3. The number of unbranched alkanes of at least 4 members (excludes halogenated alkanes) is 3. The fourth-order valence-corrected chi connectivity index (χ4v) is 4.99. The van der Waals surface area contributed by atoms with Crippen LogP contribution >= 0.6 is 24.8 Å². The summed E-state index contributed by atoms with van der Waals surface area (Å²) in [6, 6.07) is 20.8. The SMILES string of the molecule is COc1ccc(CCNCCCCCCNCCc2ccc(OC)c(OC)c2CCc2cccc(OC)c2)cc1.Cl.Cl. The van der Waals surface area contributed by atoms with Crippen LogP contribution in [0.3, 0.4) is 0 Å². The lowest BCUT2D eigenvalue weighted by Crippen LogP contribution is -2.20. The van der Waals surface area contributed by atoms with Crippen molar-refractivity contribution >= 4 is 24.8 Å². The second kappa shape index (κ2) is 22.0. The van der Waals surface area contributed by atoms with E-state index in [1.54, 1.807) is 28.4 Å². The number of ether oxygens (including phenoxy) is 4. The van der Waals surface area contributed by atoms with Crippen molar-refractivity contribution in [1.82, 2.24) is 10.6 Å². The quantitative estimate of drug-likeness (QED) is 0.134. The molecule has 0 radical (unpaired) electrons. The van der Waals surface area contributed by atoms with Crippen LogP contribution in [0.1, 0.15) is 47.9 Å². The maximum Gasteiger partial charge on any atom is 0.164 e. The van der Waals surface area contributed by atoms with Gasteiger partial charge in [-0.15, -0.1) is 24.8 Å². The van der Waals surface area contributed by atoms with Crippen LogP contribution in [0.25, 0.3) is 0 Å². The van der Waals surface area contributed by atoms with E-state index in [1.165, 1.54) is 47.9 Å². The van der Waals surface area contributed by atoms with Crippen molar-refractivity contribution in [2.24, 2.45) is 0 Å². The van der Waals surface area contributed by atoms with E-state index in [1.807, 2.05) is 30.3 Å². The maximum atomic E-state index is 5.80. The Kier molecular flexibility index (Phi) is 19.6. The number of benzene rings is 3. The van der Waals surface area contributed by atoms with Gasteiger partial charge in [0, 0.05) is 5.56 Å². The van der Waals surface area contributed by atoms with Gasteiger partial charge >= 0.3 is 0 Å². The molecule has 0 aliphatic rings. The minimum absolute atomic E-state index is 0. The Hall–Kier alpha value is -2.64. The predicted octanol–water partition coefficient (Wildman–Crippen LogP) is 6.87. The van der Waals surface area contributed by atoms with E-state index in [4.69, 9.17) is 18.9 Å². The van der Waals surface area contributed by atoms with Crippen molar-refractivity contribution in [3.63, 3.8) is 0 Å². The Labute approximate surface area is 265 Å². The van der Waals surface area contributed by atoms with Gasteiger partial charge in [0.15, 0.2) is 11.5 Å². The smallest absolute Gasteiger partial charge is 0.164 e. The van der Waals surface area contributed by atoms with Gasteiger partial charge in [-0.25, -0.2) is 0 Å². The molecule has 0 amide bonds. The Balaban J connectivity index is 0.00000441. The van der Waals surface area contributed by atoms with Gasteiger partial charge < -0.3 is 29.6 Å². The molecular formula is C34H50Cl2N2O4. The summed E-state index contributed by atoms with van der Waals surface area (Å²) in [5.41, 5.74) is 5.14. The van der Waals surface area contributed by atoms with Crippen molar-refractivity contribution < 1.29 is 18.9 Å². The minimum atomic E-state index is 0. The van der Waals surface area contributed by atoms with Gasteiger partial charge in [-0.05, 0) is 112 Å². The van der Waals surface area contributed by atoms with E-state index in [2.05, 4.69) is 41.0 Å². The van der Waals surface area contributed by atoms with Crippen LogP contribution in [0.15, 0.2) is 60.7 Å². The first-order chi connectivity index (χ1) is 19.7. The van der Waals surface area contributed by atoms with Gasteiger partial charge in [-0.1, -0.05) is 43.2 Å². The van der Waals surface area contributed by atoms with Crippen molar-refractivity contribution in [3.05, 3.63) is 82.9 Å². The van der Waals surface area contributed by atoms with Crippen molar-refractivity contribution in [3.8, 4) is 23.0 Å². The van der Waals surface area contributed by atoms with E-state index in [-0.39, 0.29) is 24.8 Å². The van der Waals surface area contributed by atoms with E-state index < -0.39 is 0 Å². The zero-order chi connectivity index (χ0) is 28.4. The number of methoxy groups -OCH3 is 4. The van der Waals surface area contributed by atoms with Crippen molar-refractivity contribution in [2.45, 2.75) is 51.4 Å². The number of hydrogen-bond donors (Lipinski definition) is 2. The third-order valence-electron chi connectivity index (χ3n) is 7.32. The highest BCUT2D eigenvalue weighted by Crippen LogP contribution is 2.34. The second-order valence-electron chi connectivity index (χ2n) is 10.1. The molecule has 8 heteroatoms. The highest BCUT2D eigenvalue weighted by atomic mass is 35.5. The molecule has 0 heterocycles. The van der Waals surface area contributed by atoms with Crippen LogP contribution in [-0.2, 0) is 25.7 Å². The van der Waals surface area contributed by atoms with Crippen LogP contribution in [0.5, 0.6) is 23.0 Å². The van der Waals surface area contributed by atoms with Gasteiger partial charge in [-0.3, -0.25) is 0 Å². The highest BCUT2D eigenvalue weighted by molar-refractivity contribution is 5.85. The first kappa shape index (κ1) is 37.4. The molecule has 0 fully saturated rings. The third-order valence-corrected chi connectivity index (χ3v) is 7.32. The summed E-state index contributed by atoms with van der Waals surface area (Å²) >= 11 is 0. The van der Waals surface area contributed by atoms with Crippen LogP contribution in [0.2, 0.25) is 0 Å². The number of nitrogens with one attached hydrogen (secondary N) is 2. The average Bonchev–Trinajstić information content (AvgIpc) is 3.00. The van der Waals surface area contributed by atoms with Gasteiger partial charge in [0.25, 0.3) is 0 Å². The fraction of sp³-hybridized carbons (Fsp3) is 0.471. The van der Waals surface area contributed by atoms with E-state index >= 15 is 0 Å². The van der Waals surface area contributed by atoms with Gasteiger partial charge in [0.1, 0.15) is 11.5 Å². The molecule has 0 aliphatic carbocycles. The number of aryl methyl sites for hydroxylation is 1. The number of rotatable bonds is 20. The van der Waals surface area contributed by atoms with E-state index in [0.717, 1.165) is 74.9 Å². The van der Waals surface area contributed by atoms with Gasteiger partial charge in [0.05, 0.1) is 28.4 Å². The van der Waals surface area contributed by atoms with Crippen LogP contribution < -0.4 is 29.6 Å². The number of halogens is 2. The summed E-state index contributed by atoms with van der Waals surface area (Å²) in [7, 11) is 6.84. The minimum Gasteiger partial charge on any atom is -0.497 e. The Bertz CT molecular complexity index is 1130. The maximum absolute atomic E-state index is 5.80. The average molecular weight is 622 g/mol. The van der Waals surface area contributed by atoms with Gasteiger partial charge in [0.2, 0.25) is 0 Å². The second-order valence-corrected chi connectivity index (χ2v) is 10.1. The molecule has 3 aromatic carbocycles.